The van der Waals surface area contributed by atoms with Crippen LogP contribution in [0.5, 0.6) is 5.75 Å². The van der Waals surface area contributed by atoms with Gasteiger partial charge in [0.2, 0.25) is 6.04 Å². The highest BCUT2D eigenvalue weighted by atomic mass is 16.6. The first-order valence-electron chi connectivity index (χ1n) is 12.6. The number of rotatable bonds is 14. The summed E-state index contributed by atoms with van der Waals surface area (Å²) in [6.07, 6.45) is 7.82. The van der Waals surface area contributed by atoms with Gasteiger partial charge in [0, 0.05) is 29.0 Å². The second-order valence-corrected chi connectivity index (χ2v) is 8.96. The number of amides is 1. The molecule has 2 aromatic carbocycles. The molecule has 0 bridgehead atoms. The molecular formula is C29H34N2O6. The molecule has 2 aromatic rings. The van der Waals surface area contributed by atoms with Gasteiger partial charge in [0.1, 0.15) is 5.75 Å². The lowest BCUT2D eigenvalue weighted by Crippen LogP contribution is -2.31. The van der Waals surface area contributed by atoms with Crippen LogP contribution in [0.1, 0.15) is 43.2 Å². The van der Waals surface area contributed by atoms with Gasteiger partial charge in [0.15, 0.2) is 0 Å². The molecule has 0 aromatic heterocycles. The van der Waals surface area contributed by atoms with E-state index in [1.807, 2.05) is 30.3 Å². The first-order chi connectivity index (χ1) is 18.0. The fourth-order valence-electron chi connectivity index (χ4n) is 4.15. The van der Waals surface area contributed by atoms with E-state index in [-0.39, 0.29) is 24.3 Å². The molecule has 8 heteroatoms. The second kappa shape index (κ2) is 14.6. The molecule has 0 fully saturated rings. The Hall–Kier alpha value is -3.94. The predicted octanol–water partition coefficient (Wildman–Crippen LogP) is 4.60. The van der Waals surface area contributed by atoms with E-state index < -0.39 is 16.9 Å². The van der Waals surface area contributed by atoms with E-state index in [4.69, 9.17) is 4.74 Å². The zero-order valence-electron chi connectivity index (χ0n) is 21.2. The van der Waals surface area contributed by atoms with Gasteiger partial charge in [-0.1, -0.05) is 48.5 Å². The number of benzene rings is 2. The SMILES string of the molecule is COC(=O)CC1=CC(C(=O)NCCc2ccc(OCCCCCc3ccccc3)cc2)=CCC1[N+](=O)[O-]. The van der Waals surface area contributed by atoms with Gasteiger partial charge >= 0.3 is 5.97 Å². The molecule has 1 aliphatic rings. The van der Waals surface area contributed by atoms with Crippen molar-refractivity contribution in [3.8, 4) is 5.75 Å². The fourth-order valence-corrected chi connectivity index (χ4v) is 4.15. The molecule has 8 nitrogen and oxygen atoms in total. The smallest absolute Gasteiger partial charge is 0.309 e. The summed E-state index contributed by atoms with van der Waals surface area (Å²) in [5, 5.41) is 14.1. The van der Waals surface area contributed by atoms with Crippen LogP contribution in [-0.2, 0) is 27.2 Å². The number of aryl methyl sites for hydroxylation is 1. The third kappa shape index (κ3) is 9.22. The van der Waals surface area contributed by atoms with Gasteiger partial charge in [-0.05, 0) is 61.4 Å². The van der Waals surface area contributed by atoms with Crippen molar-refractivity contribution in [3.05, 3.63) is 99.1 Å². The highest BCUT2D eigenvalue weighted by Gasteiger charge is 2.30. The third-order valence-corrected chi connectivity index (χ3v) is 6.27. The van der Waals surface area contributed by atoms with E-state index in [0.717, 1.165) is 37.0 Å². The van der Waals surface area contributed by atoms with Crippen LogP contribution in [0.25, 0.3) is 0 Å². The number of nitro groups is 1. The van der Waals surface area contributed by atoms with Crippen molar-refractivity contribution >= 4 is 11.9 Å². The fraction of sp³-hybridized carbons (Fsp3) is 0.379. The van der Waals surface area contributed by atoms with Crippen LogP contribution in [0.3, 0.4) is 0 Å². The summed E-state index contributed by atoms with van der Waals surface area (Å²) < 4.78 is 10.5. The van der Waals surface area contributed by atoms with Crippen LogP contribution in [0, 0.1) is 10.1 Å². The standard InChI is InChI=1S/C29H34N2O6/c1-36-28(32)21-25-20-24(13-16-27(25)31(34)35)29(33)30-18-17-23-11-14-26(15-12-23)37-19-7-3-6-10-22-8-4-2-5-9-22/h2,4-5,8-9,11-15,20,27H,3,6-7,10,16-19,21H2,1H3,(H,30,33). The van der Waals surface area contributed by atoms with E-state index in [1.165, 1.54) is 24.8 Å². The van der Waals surface area contributed by atoms with Crippen molar-refractivity contribution in [1.82, 2.24) is 5.32 Å². The summed E-state index contributed by atoms with van der Waals surface area (Å²) in [7, 11) is 1.23. The maximum absolute atomic E-state index is 12.6. The van der Waals surface area contributed by atoms with Gasteiger partial charge in [-0.15, -0.1) is 0 Å². The zero-order chi connectivity index (χ0) is 26.5. The van der Waals surface area contributed by atoms with Crippen molar-refractivity contribution < 1.29 is 24.0 Å². The average Bonchev–Trinajstić information content (AvgIpc) is 2.91. The van der Waals surface area contributed by atoms with E-state index in [0.29, 0.717) is 25.1 Å². The van der Waals surface area contributed by atoms with E-state index in [2.05, 4.69) is 34.3 Å². The predicted molar refractivity (Wildman–Crippen MR) is 141 cm³/mol. The Balaban J connectivity index is 1.36. The van der Waals surface area contributed by atoms with Crippen LogP contribution in [0.2, 0.25) is 0 Å². The molecule has 0 saturated heterocycles. The van der Waals surface area contributed by atoms with Crippen molar-refractivity contribution in [2.24, 2.45) is 0 Å². The Morgan fingerprint density at radius 2 is 1.73 bits per heavy atom. The van der Waals surface area contributed by atoms with Crippen LogP contribution >= 0.6 is 0 Å². The molecule has 3 rings (SSSR count). The topological polar surface area (TPSA) is 108 Å². The number of ether oxygens (including phenoxy) is 2. The lowest BCUT2D eigenvalue weighted by atomic mass is 9.92. The summed E-state index contributed by atoms with van der Waals surface area (Å²) in [5.41, 5.74) is 3.03. The Bertz CT molecular complexity index is 1110. The number of esters is 1. The molecular weight excluding hydrogens is 472 g/mol. The molecule has 0 radical (unpaired) electrons. The van der Waals surface area contributed by atoms with E-state index >= 15 is 0 Å². The lowest BCUT2D eigenvalue weighted by Gasteiger charge is -2.17. The number of nitrogens with zero attached hydrogens (tertiary/aromatic N) is 1. The largest absolute Gasteiger partial charge is 0.494 e. The second-order valence-electron chi connectivity index (χ2n) is 8.96. The van der Waals surface area contributed by atoms with Crippen molar-refractivity contribution in [2.45, 2.75) is 51.0 Å². The molecule has 1 aliphatic carbocycles. The number of carbonyl (C=O) groups is 2. The molecule has 1 atom stereocenters. The Kier molecular flexibility index (Phi) is 10.9. The Morgan fingerprint density at radius 3 is 2.43 bits per heavy atom. The molecule has 37 heavy (non-hydrogen) atoms. The number of methoxy groups -OCH3 is 1. The first-order valence-corrected chi connectivity index (χ1v) is 12.6. The Labute approximate surface area is 217 Å². The van der Waals surface area contributed by atoms with Gasteiger partial charge in [0.25, 0.3) is 5.91 Å². The van der Waals surface area contributed by atoms with Gasteiger partial charge in [0.05, 0.1) is 20.1 Å². The minimum Gasteiger partial charge on any atom is -0.494 e. The molecule has 196 valence electrons. The minimum atomic E-state index is -1.02. The first kappa shape index (κ1) is 27.6. The summed E-state index contributed by atoms with van der Waals surface area (Å²) in [6.45, 7) is 1.10. The third-order valence-electron chi connectivity index (χ3n) is 6.27. The quantitative estimate of drug-likeness (QED) is 0.174. The maximum atomic E-state index is 12.6. The number of carbonyl (C=O) groups excluding carboxylic acids is 2. The molecule has 0 heterocycles. The monoisotopic (exact) mass is 506 g/mol. The maximum Gasteiger partial charge on any atom is 0.309 e. The van der Waals surface area contributed by atoms with E-state index in [9.17, 15) is 19.7 Å². The summed E-state index contributed by atoms with van der Waals surface area (Å²) in [5.74, 6) is -0.0709. The average molecular weight is 507 g/mol. The number of hydrogen-bond acceptors (Lipinski definition) is 6. The molecule has 0 spiro atoms. The van der Waals surface area contributed by atoms with Gasteiger partial charge in [-0.25, -0.2) is 0 Å². The van der Waals surface area contributed by atoms with Gasteiger partial charge in [-0.3, -0.25) is 19.7 Å². The number of unbranched alkanes of at least 4 members (excludes halogenated alkanes) is 2. The van der Waals surface area contributed by atoms with Crippen molar-refractivity contribution in [1.29, 1.82) is 0 Å². The van der Waals surface area contributed by atoms with Crippen LogP contribution in [0.15, 0.2) is 77.9 Å². The van der Waals surface area contributed by atoms with Crippen LogP contribution in [0.4, 0.5) is 0 Å². The van der Waals surface area contributed by atoms with Gasteiger partial charge in [-0.2, -0.15) is 0 Å². The van der Waals surface area contributed by atoms with Gasteiger partial charge < -0.3 is 14.8 Å². The molecule has 1 unspecified atom stereocenters. The molecule has 0 aliphatic heterocycles. The highest BCUT2D eigenvalue weighted by molar-refractivity contribution is 5.96. The lowest BCUT2D eigenvalue weighted by molar-refractivity contribution is -0.511. The zero-order valence-corrected chi connectivity index (χ0v) is 21.2. The normalized spacial score (nSPS) is 14.8. The number of nitrogens with one attached hydrogen (secondary N) is 1. The summed E-state index contributed by atoms with van der Waals surface area (Å²) >= 11 is 0. The van der Waals surface area contributed by atoms with Crippen LogP contribution in [-0.4, -0.2) is 43.1 Å². The number of hydrogen-bond donors (Lipinski definition) is 1. The van der Waals surface area contributed by atoms with Crippen molar-refractivity contribution in [2.75, 3.05) is 20.3 Å². The molecule has 1 amide bonds. The molecule has 1 N–H and O–H groups in total. The summed E-state index contributed by atoms with van der Waals surface area (Å²) in [4.78, 5) is 35.0. The minimum absolute atomic E-state index is 0.0626. The molecule has 0 saturated carbocycles. The van der Waals surface area contributed by atoms with Crippen LogP contribution < -0.4 is 10.1 Å². The van der Waals surface area contributed by atoms with Crippen molar-refractivity contribution in [3.63, 3.8) is 0 Å². The highest BCUT2D eigenvalue weighted by Crippen LogP contribution is 2.24. The Morgan fingerprint density at radius 1 is 1.00 bits per heavy atom. The summed E-state index contributed by atoms with van der Waals surface area (Å²) in [6, 6.07) is 17.3. The van der Waals surface area contributed by atoms with E-state index in [1.54, 1.807) is 0 Å².